The first kappa shape index (κ1) is 12.8. The van der Waals surface area contributed by atoms with E-state index in [-0.39, 0.29) is 0 Å². The van der Waals surface area contributed by atoms with E-state index in [4.69, 9.17) is 14.2 Å². The summed E-state index contributed by atoms with van der Waals surface area (Å²) in [6, 6.07) is 5.36. The number of methoxy groups -OCH3 is 2. The maximum Gasteiger partial charge on any atom is 0.161 e. The molecule has 1 N–H and O–H groups in total. The lowest BCUT2D eigenvalue weighted by atomic mass is 10.0. The average Bonchev–Trinajstić information content (AvgIpc) is 2.46. The highest BCUT2D eigenvalue weighted by Gasteiger charge is 2.18. The van der Waals surface area contributed by atoms with E-state index in [0.717, 1.165) is 18.4 Å². The van der Waals surface area contributed by atoms with Crippen LogP contribution in [0.2, 0.25) is 0 Å². The lowest BCUT2D eigenvalue weighted by molar-refractivity contribution is 0.0916. The molecule has 4 heteroatoms. The molecule has 0 aliphatic carbocycles. The summed E-state index contributed by atoms with van der Waals surface area (Å²) >= 11 is 0. The van der Waals surface area contributed by atoms with Crippen molar-refractivity contribution in [3.05, 3.63) is 35.6 Å². The number of rotatable bonds is 4. The summed E-state index contributed by atoms with van der Waals surface area (Å²) in [6.45, 7) is 0.663. The Morgan fingerprint density at radius 3 is 2.61 bits per heavy atom. The van der Waals surface area contributed by atoms with E-state index in [2.05, 4.69) is 0 Å². The molecule has 1 aromatic rings. The van der Waals surface area contributed by atoms with Crippen LogP contribution < -0.4 is 9.47 Å². The largest absolute Gasteiger partial charge is 0.495 e. The molecule has 1 heterocycles. The first-order valence-corrected chi connectivity index (χ1v) is 5.99. The van der Waals surface area contributed by atoms with Gasteiger partial charge >= 0.3 is 0 Å². The van der Waals surface area contributed by atoms with Gasteiger partial charge in [-0.15, -0.1) is 0 Å². The van der Waals surface area contributed by atoms with Crippen molar-refractivity contribution in [3.8, 4) is 11.5 Å². The standard InChI is InChI=1S/C14H18O4/c1-16-11-7-6-10(9-13(11)17-2)14(15)12-5-3-4-8-18-12/h5-7,9,14-15H,3-4,8H2,1-2H3. The summed E-state index contributed by atoms with van der Waals surface area (Å²) in [5, 5.41) is 10.2. The second kappa shape index (κ2) is 5.78. The number of ether oxygens (including phenoxy) is 3. The van der Waals surface area contributed by atoms with Gasteiger partial charge in [0.25, 0.3) is 0 Å². The quantitative estimate of drug-likeness (QED) is 0.891. The number of allylic oxidation sites excluding steroid dienone is 1. The monoisotopic (exact) mass is 250 g/mol. The van der Waals surface area contributed by atoms with Crippen LogP contribution >= 0.6 is 0 Å². The van der Waals surface area contributed by atoms with Crippen molar-refractivity contribution in [1.29, 1.82) is 0 Å². The third-order valence-electron chi connectivity index (χ3n) is 2.96. The van der Waals surface area contributed by atoms with Crippen molar-refractivity contribution in [2.45, 2.75) is 18.9 Å². The van der Waals surface area contributed by atoms with E-state index in [1.54, 1.807) is 26.4 Å². The van der Waals surface area contributed by atoms with E-state index >= 15 is 0 Å². The number of aliphatic hydroxyl groups excluding tert-OH is 1. The van der Waals surface area contributed by atoms with Gasteiger partial charge in [-0.05, 0) is 36.6 Å². The zero-order chi connectivity index (χ0) is 13.0. The van der Waals surface area contributed by atoms with Gasteiger partial charge in [-0.25, -0.2) is 0 Å². The van der Waals surface area contributed by atoms with Crippen molar-refractivity contribution < 1.29 is 19.3 Å². The molecule has 1 unspecified atom stereocenters. The van der Waals surface area contributed by atoms with Crippen LogP contribution in [0.3, 0.4) is 0 Å². The van der Waals surface area contributed by atoms with Gasteiger partial charge in [0.1, 0.15) is 11.9 Å². The van der Waals surface area contributed by atoms with E-state index in [0.29, 0.717) is 23.9 Å². The Morgan fingerprint density at radius 1 is 1.22 bits per heavy atom. The van der Waals surface area contributed by atoms with Gasteiger partial charge in [-0.2, -0.15) is 0 Å². The Morgan fingerprint density at radius 2 is 2.00 bits per heavy atom. The lowest BCUT2D eigenvalue weighted by Crippen LogP contribution is -2.10. The van der Waals surface area contributed by atoms with Crippen molar-refractivity contribution in [1.82, 2.24) is 0 Å². The number of aliphatic hydroxyl groups is 1. The molecule has 18 heavy (non-hydrogen) atoms. The van der Waals surface area contributed by atoms with Gasteiger partial charge < -0.3 is 19.3 Å². The lowest BCUT2D eigenvalue weighted by Gasteiger charge is -2.20. The fourth-order valence-corrected chi connectivity index (χ4v) is 1.95. The molecule has 0 aromatic heterocycles. The SMILES string of the molecule is COc1ccc(C(O)C2=CCCCO2)cc1OC. The normalized spacial score (nSPS) is 16.5. The van der Waals surface area contributed by atoms with Crippen molar-refractivity contribution in [2.24, 2.45) is 0 Å². The maximum absolute atomic E-state index is 10.2. The molecule has 0 saturated heterocycles. The molecule has 2 rings (SSSR count). The molecular formula is C14H18O4. The summed E-state index contributed by atoms with van der Waals surface area (Å²) in [4.78, 5) is 0. The van der Waals surface area contributed by atoms with Gasteiger partial charge in [-0.3, -0.25) is 0 Å². The maximum atomic E-state index is 10.2. The fraction of sp³-hybridized carbons (Fsp3) is 0.429. The van der Waals surface area contributed by atoms with Crippen LogP contribution in [0, 0.1) is 0 Å². The van der Waals surface area contributed by atoms with Crippen LogP contribution in [0.25, 0.3) is 0 Å². The topological polar surface area (TPSA) is 47.9 Å². The third-order valence-corrected chi connectivity index (χ3v) is 2.96. The molecule has 1 aliphatic rings. The van der Waals surface area contributed by atoms with Crippen molar-refractivity contribution >= 4 is 0 Å². The predicted molar refractivity (Wildman–Crippen MR) is 67.8 cm³/mol. The van der Waals surface area contributed by atoms with Crippen LogP contribution in [-0.2, 0) is 4.74 Å². The predicted octanol–water partition coefficient (Wildman–Crippen LogP) is 2.43. The highest BCUT2D eigenvalue weighted by molar-refractivity contribution is 5.44. The molecule has 0 spiro atoms. The Kier molecular flexibility index (Phi) is 4.10. The van der Waals surface area contributed by atoms with Crippen LogP contribution in [0.4, 0.5) is 0 Å². The van der Waals surface area contributed by atoms with Gasteiger partial charge in [0.05, 0.1) is 20.8 Å². The minimum Gasteiger partial charge on any atom is -0.495 e. The number of hydrogen-bond acceptors (Lipinski definition) is 4. The highest BCUT2D eigenvalue weighted by atomic mass is 16.5. The smallest absolute Gasteiger partial charge is 0.161 e. The van der Waals surface area contributed by atoms with E-state index in [9.17, 15) is 5.11 Å². The highest BCUT2D eigenvalue weighted by Crippen LogP contribution is 2.33. The van der Waals surface area contributed by atoms with Gasteiger partial charge in [-0.1, -0.05) is 6.07 Å². The Balaban J connectivity index is 2.24. The summed E-state index contributed by atoms with van der Waals surface area (Å²) in [6.07, 6.45) is 3.14. The number of hydrogen-bond donors (Lipinski definition) is 1. The summed E-state index contributed by atoms with van der Waals surface area (Å²) < 4.78 is 15.8. The van der Waals surface area contributed by atoms with E-state index in [1.807, 2.05) is 12.1 Å². The Hall–Kier alpha value is -1.68. The molecule has 0 fully saturated rings. The molecule has 0 saturated carbocycles. The first-order valence-electron chi connectivity index (χ1n) is 5.99. The van der Waals surface area contributed by atoms with Crippen LogP contribution in [0.15, 0.2) is 30.0 Å². The average molecular weight is 250 g/mol. The second-order valence-electron chi connectivity index (χ2n) is 4.11. The molecule has 1 atom stereocenters. The zero-order valence-electron chi connectivity index (χ0n) is 10.7. The molecule has 1 aromatic carbocycles. The van der Waals surface area contributed by atoms with Gasteiger partial charge in [0, 0.05) is 0 Å². The molecule has 0 amide bonds. The van der Waals surface area contributed by atoms with Crippen molar-refractivity contribution in [3.63, 3.8) is 0 Å². The molecular weight excluding hydrogens is 232 g/mol. The van der Waals surface area contributed by atoms with Crippen LogP contribution in [-0.4, -0.2) is 25.9 Å². The minimum absolute atomic E-state index is 0.602. The molecule has 98 valence electrons. The van der Waals surface area contributed by atoms with Crippen molar-refractivity contribution in [2.75, 3.05) is 20.8 Å². The van der Waals surface area contributed by atoms with Gasteiger partial charge in [0.15, 0.2) is 11.5 Å². The molecule has 0 bridgehead atoms. The molecule has 4 nitrogen and oxygen atoms in total. The first-order chi connectivity index (χ1) is 8.76. The van der Waals surface area contributed by atoms with Crippen LogP contribution in [0.1, 0.15) is 24.5 Å². The second-order valence-corrected chi connectivity index (χ2v) is 4.11. The molecule has 0 radical (unpaired) electrons. The van der Waals surface area contributed by atoms with E-state index in [1.165, 1.54) is 0 Å². The Labute approximate surface area is 107 Å². The Bertz CT molecular complexity index is 439. The minimum atomic E-state index is -0.745. The third kappa shape index (κ3) is 2.59. The summed E-state index contributed by atoms with van der Waals surface area (Å²) in [5.74, 6) is 1.87. The zero-order valence-corrected chi connectivity index (χ0v) is 10.7. The van der Waals surface area contributed by atoms with Gasteiger partial charge in [0.2, 0.25) is 0 Å². The summed E-state index contributed by atoms with van der Waals surface area (Å²) in [5.41, 5.74) is 0.737. The summed E-state index contributed by atoms with van der Waals surface area (Å²) in [7, 11) is 3.16. The van der Waals surface area contributed by atoms with E-state index < -0.39 is 6.10 Å². The fourth-order valence-electron chi connectivity index (χ4n) is 1.95. The molecule has 1 aliphatic heterocycles. The van der Waals surface area contributed by atoms with Crippen LogP contribution in [0.5, 0.6) is 11.5 Å². The number of benzene rings is 1.